The highest BCUT2D eigenvalue weighted by molar-refractivity contribution is 6.07. The Kier molecular flexibility index (Phi) is 7.26. The van der Waals surface area contributed by atoms with Gasteiger partial charge in [-0.3, -0.25) is 9.59 Å². The van der Waals surface area contributed by atoms with Crippen LogP contribution in [0.1, 0.15) is 22.8 Å². The maximum absolute atomic E-state index is 13.7. The van der Waals surface area contributed by atoms with Crippen LogP contribution in [-0.2, 0) is 4.79 Å². The molecule has 0 aliphatic carbocycles. The zero-order valence-electron chi connectivity index (χ0n) is 15.9. The number of carbonyl (C=O) groups excluding carboxylic acids is 2. The van der Waals surface area contributed by atoms with Gasteiger partial charge in [0.2, 0.25) is 0 Å². The van der Waals surface area contributed by atoms with Crippen LogP contribution in [-0.4, -0.2) is 43.9 Å². The van der Waals surface area contributed by atoms with Crippen molar-refractivity contribution < 1.29 is 27.8 Å². The highest BCUT2D eigenvalue weighted by atomic mass is 19.1. The maximum Gasteiger partial charge on any atom is 0.259 e. The molecule has 0 aliphatic heterocycles. The van der Waals surface area contributed by atoms with E-state index in [0.29, 0.717) is 23.7 Å². The first-order valence-electron chi connectivity index (χ1n) is 8.59. The third-order valence-electron chi connectivity index (χ3n) is 3.74. The normalized spacial score (nSPS) is 10.8. The molecular weight excluding hydrogens is 368 g/mol. The molecule has 2 aromatic carbocycles. The first-order valence-corrected chi connectivity index (χ1v) is 8.59. The molecule has 0 radical (unpaired) electrons. The molecule has 28 heavy (non-hydrogen) atoms. The van der Waals surface area contributed by atoms with Gasteiger partial charge in [0.05, 0.1) is 12.2 Å². The van der Waals surface area contributed by atoms with Gasteiger partial charge in [0.25, 0.3) is 5.91 Å². The van der Waals surface area contributed by atoms with E-state index in [1.807, 2.05) is 0 Å². The Morgan fingerprint density at radius 1 is 1.04 bits per heavy atom. The topological polar surface area (TPSA) is 55.8 Å². The van der Waals surface area contributed by atoms with Crippen LogP contribution in [0.2, 0.25) is 0 Å². The molecule has 0 heterocycles. The Hall–Kier alpha value is -3.22. The second-order valence-electron chi connectivity index (χ2n) is 6.04. The summed E-state index contributed by atoms with van der Waals surface area (Å²) in [7, 11) is 3.25. The summed E-state index contributed by atoms with van der Waals surface area (Å²) in [4.78, 5) is 25.2. The lowest BCUT2D eigenvalue weighted by molar-refractivity contribution is -0.130. The molecule has 2 aromatic rings. The second kappa shape index (κ2) is 9.64. The van der Waals surface area contributed by atoms with E-state index in [0.717, 1.165) is 24.3 Å². The zero-order chi connectivity index (χ0) is 20.7. The lowest BCUT2D eigenvalue weighted by atomic mass is 10.1. The monoisotopic (exact) mass is 389 g/mol. The van der Waals surface area contributed by atoms with Crippen LogP contribution >= 0.6 is 0 Å². The number of nitrogens with zero attached hydrogens (tertiary/aromatic N) is 1. The SMILES string of the molecule is CCOc1cc(/C=C/C(=O)c2cc(F)ccc2F)ccc1OCC(=O)N(C)C. The molecule has 1 amide bonds. The van der Waals surface area contributed by atoms with Crippen LogP contribution in [0.15, 0.2) is 42.5 Å². The number of carbonyl (C=O) groups is 2. The molecule has 0 bridgehead atoms. The fourth-order valence-corrected chi connectivity index (χ4v) is 2.23. The summed E-state index contributed by atoms with van der Waals surface area (Å²) in [5, 5.41) is 0. The van der Waals surface area contributed by atoms with E-state index in [4.69, 9.17) is 9.47 Å². The number of rotatable bonds is 8. The van der Waals surface area contributed by atoms with E-state index in [-0.39, 0.29) is 18.1 Å². The minimum Gasteiger partial charge on any atom is -0.490 e. The van der Waals surface area contributed by atoms with Crippen molar-refractivity contribution in [2.75, 3.05) is 27.3 Å². The number of ether oxygens (including phenoxy) is 2. The van der Waals surface area contributed by atoms with E-state index in [9.17, 15) is 18.4 Å². The van der Waals surface area contributed by atoms with Gasteiger partial charge in [-0.25, -0.2) is 8.78 Å². The number of halogens is 2. The smallest absolute Gasteiger partial charge is 0.259 e. The molecule has 0 aromatic heterocycles. The van der Waals surface area contributed by atoms with Crippen molar-refractivity contribution in [1.82, 2.24) is 4.90 Å². The molecule has 2 rings (SSSR count). The molecule has 0 aliphatic rings. The van der Waals surface area contributed by atoms with Gasteiger partial charge in [0, 0.05) is 14.1 Å². The van der Waals surface area contributed by atoms with Crippen LogP contribution in [0.5, 0.6) is 11.5 Å². The van der Waals surface area contributed by atoms with Gasteiger partial charge in [0.1, 0.15) is 11.6 Å². The fraction of sp³-hybridized carbons (Fsp3) is 0.238. The Morgan fingerprint density at radius 2 is 1.79 bits per heavy atom. The van der Waals surface area contributed by atoms with Crippen molar-refractivity contribution >= 4 is 17.8 Å². The second-order valence-corrected chi connectivity index (χ2v) is 6.04. The number of hydrogen-bond donors (Lipinski definition) is 0. The van der Waals surface area contributed by atoms with Gasteiger partial charge >= 0.3 is 0 Å². The van der Waals surface area contributed by atoms with Gasteiger partial charge in [-0.1, -0.05) is 12.1 Å². The van der Waals surface area contributed by atoms with Crippen molar-refractivity contribution in [2.24, 2.45) is 0 Å². The quantitative estimate of drug-likeness (QED) is 0.510. The minimum atomic E-state index is -0.791. The van der Waals surface area contributed by atoms with E-state index in [1.165, 1.54) is 11.0 Å². The van der Waals surface area contributed by atoms with E-state index < -0.39 is 17.4 Å². The highest BCUT2D eigenvalue weighted by Crippen LogP contribution is 2.29. The number of amides is 1. The van der Waals surface area contributed by atoms with Gasteiger partial charge in [-0.05, 0) is 48.9 Å². The molecule has 0 spiro atoms. The summed E-state index contributed by atoms with van der Waals surface area (Å²) in [6, 6.07) is 7.61. The van der Waals surface area contributed by atoms with Crippen molar-refractivity contribution in [1.29, 1.82) is 0 Å². The summed E-state index contributed by atoms with van der Waals surface area (Å²) < 4.78 is 37.9. The lowest BCUT2D eigenvalue weighted by Crippen LogP contribution is -2.27. The van der Waals surface area contributed by atoms with E-state index in [2.05, 4.69) is 0 Å². The third-order valence-corrected chi connectivity index (χ3v) is 3.74. The molecule has 148 valence electrons. The number of ketones is 1. The number of allylic oxidation sites excluding steroid dienone is 1. The summed E-state index contributed by atoms with van der Waals surface area (Å²) in [6.45, 7) is 2.03. The molecular formula is C21H21F2NO4. The van der Waals surface area contributed by atoms with Crippen LogP contribution in [0.3, 0.4) is 0 Å². The molecule has 0 fully saturated rings. The Balaban J connectivity index is 2.18. The third kappa shape index (κ3) is 5.64. The lowest BCUT2D eigenvalue weighted by Gasteiger charge is -2.14. The summed E-state index contributed by atoms with van der Waals surface area (Å²) in [6.07, 6.45) is 2.61. The maximum atomic E-state index is 13.7. The van der Waals surface area contributed by atoms with Crippen LogP contribution in [0, 0.1) is 11.6 Å². The van der Waals surface area contributed by atoms with E-state index >= 15 is 0 Å². The molecule has 7 heteroatoms. The van der Waals surface area contributed by atoms with Crippen molar-refractivity contribution in [2.45, 2.75) is 6.92 Å². The largest absolute Gasteiger partial charge is 0.490 e. The van der Waals surface area contributed by atoms with Crippen LogP contribution in [0.4, 0.5) is 8.78 Å². The zero-order valence-corrected chi connectivity index (χ0v) is 15.9. The molecule has 5 nitrogen and oxygen atoms in total. The number of likely N-dealkylation sites (N-methyl/N-ethyl adjacent to an activating group) is 1. The Morgan fingerprint density at radius 3 is 2.46 bits per heavy atom. The molecule has 0 saturated carbocycles. The van der Waals surface area contributed by atoms with Crippen molar-refractivity contribution in [3.05, 3.63) is 65.2 Å². The molecule has 0 unspecified atom stereocenters. The standard InChI is InChI=1S/C21H21F2NO4/c1-4-27-20-11-14(6-10-19(20)28-13-21(26)24(2)3)5-9-18(25)16-12-15(22)7-8-17(16)23/h5-12H,4,13H2,1-3H3/b9-5+. The predicted octanol–water partition coefficient (Wildman–Crippen LogP) is 3.73. The van der Waals surface area contributed by atoms with Gasteiger partial charge < -0.3 is 14.4 Å². The molecule has 0 saturated heterocycles. The summed E-state index contributed by atoms with van der Waals surface area (Å²) in [5.41, 5.74) is 0.253. The molecule has 0 N–H and O–H groups in total. The molecule has 0 atom stereocenters. The highest BCUT2D eigenvalue weighted by Gasteiger charge is 2.12. The van der Waals surface area contributed by atoms with Crippen LogP contribution in [0.25, 0.3) is 6.08 Å². The summed E-state index contributed by atoms with van der Waals surface area (Å²) >= 11 is 0. The Bertz CT molecular complexity index is 894. The first kappa shape index (κ1) is 21.1. The average Bonchev–Trinajstić information content (AvgIpc) is 2.67. The summed E-state index contributed by atoms with van der Waals surface area (Å²) in [5.74, 6) is -1.55. The minimum absolute atomic E-state index is 0.139. The first-order chi connectivity index (χ1) is 13.3. The predicted molar refractivity (Wildman–Crippen MR) is 102 cm³/mol. The van der Waals surface area contributed by atoms with Gasteiger partial charge in [0.15, 0.2) is 23.9 Å². The Labute approximate surface area is 162 Å². The fourth-order valence-electron chi connectivity index (χ4n) is 2.23. The average molecular weight is 389 g/mol. The van der Waals surface area contributed by atoms with Gasteiger partial charge in [-0.2, -0.15) is 0 Å². The van der Waals surface area contributed by atoms with Crippen molar-refractivity contribution in [3.63, 3.8) is 0 Å². The number of benzene rings is 2. The number of hydrogen-bond acceptors (Lipinski definition) is 4. The van der Waals surface area contributed by atoms with Crippen molar-refractivity contribution in [3.8, 4) is 11.5 Å². The van der Waals surface area contributed by atoms with Crippen LogP contribution < -0.4 is 9.47 Å². The van der Waals surface area contributed by atoms with E-state index in [1.54, 1.807) is 39.2 Å². The van der Waals surface area contributed by atoms with Gasteiger partial charge in [-0.15, -0.1) is 0 Å².